The molecule has 43 heavy (non-hydrogen) atoms. The first-order chi connectivity index (χ1) is 20.7. The lowest BCUT2D eigenvalue weighted by molar-refractivity contribution is -0.143. The van der Waals surface area contributed by atoms with Crippen molar-refractivity contribution in [1.29, 1.82) is 0 Å². The summed E-state index contributed by atoms with van der Waals surface area (Å²) in [6, 6.07) is 12.2. The number of aromatic nitrogens is 2. The Bertz CT molecular complexity index is 1950. The molecule has 0 bridgehead atoms. The van der Waals surface area contributed by atoms with Gasteiger partial charge in [-0.1, -0.05) is 35.6 Å². The number of carbonyl (C=O) groups is 2. The summed E-state index contributed by atoms with van der Waals surface area (Å²) in [7, 11) is 3.07. The molecule has 2 aromatic carbocycles. The number of hydrogen-bond acceptors (Lipinski definition) is 9. The minimum atomic E-state index is -0.802. The number of nitrogens with zero attached hydrogens (tertiary/aromatic N) is 3. The molecule has 5 rings (SSSR count). The SMILES string of the molecule is CCOC(=O)Cn1c(C)c(/C=c2\sc3n(c2=O)[C@@H](c2ccc(OC)c(OC)c2)C(C(=O)OCC)=C(C)N=3)c2ccccc21. The Hall–Kier alpha value is -4.64. The van der Waals surface area contributed by atoms with Gasteiger partial charge in [0.15, 0.2) is 16.3 Å². The average molecular weight is 604 g/mol. The smallest absolute Gasteiger partial charge is 0.338 e. The maximum atomic E-state index is 14.2. The lowest BCUT2D eigenvalue weighted by Crippen LogP contribution is -2.40. The van der Waals surface area contributed by atoms with Gasteiger partial charge in [0.2, 0.25) is 0 Å². The first-order valence-corrected chi connectivity index (χ1v) is 14.7. The molecule has 10 nitrogen and oxygen atoms in total. The van der Waals surface area contributed by atoms with Crippen LogP contribution in [0.2, 0.25) is 0 Å². The summed E-state index contributed by atoms with van der Waals surface area (Å²) in [6.45, 7) is 7.68. The number of esters is 2. The number of allylic oxidation sites excluding steroid dienone is 1. The number of benzene rings is 2. The van der Waals surface area contributed by atoms with E-state index < -0.39 is 12.0 Å². The molecule has 224 valence electrons. The average Bonchev–Trinajstić information content (AvgIpc) is 3.44. The summed E-state index contributed by atoms with van der Waals surface area (Å²) >= 11 is 1.24. The molecule has 0 amide bonds. The molecule has 1 aliphatic heterocycles. The Morgan fingerprint density at radius 3 is 2.42 bits per heavy atom. The van der Waals surface area contributed by atoms with E-state index in [4.69, 9.17) is 18.9 Å². The predicted octanol–water partition coefficient (Wildman–Crippen LogP) is 3.64. The Kier molecular flexibility index (Phi) is 8.54. The van der Waals surface area contributed by atoms with Crippen molar-refractivity contribution in [3.63, 3.8) is 0 Å². The Morgan fingerprint density at radius 1 is 1.00 bits per heavy atom. The third-order valence-corrected chi connectivity index (χ3v) is 8.37. The molecule has 1 aliphatic rings. The summed E-state index contributed by atoms with van der Waals surface area (Å²) in [5.74, 6) is 0.0987. The van der Waals surface area contributed by atoms with Crippen LogP contribution in [0.3, 0.4) is 0 Å². The standard InChI is InChI=1S/C32H33N3O7S/c1-7-41-27(36)17-34-19(4)22(21-11-9-10-12-23(21)34)16-26-30(37)35-29(20-13-14-24(39-5)25(15-20)40-6)28(31(38)42-8-2)18(3)33-32(35)43-26/h9-16,29H,7-8,17H2,1-6H3/b26-16-/t29-/m0/s1. The highest BCUT2D eigenvalue weighted by atomic mass is 32.1. The number of hydrogen-bond donors (Lipinski definition) is 0. The molecule has 11 heteroatoms. The minimum absolute atomic E-state index is 0.0523. The van der Waals surface area contributed by atoms with Crippen LogP contribution >= 0.6 is 11.3 Å². The van der Waals surface area contributed by atoms with Crippen molar-refractivity contribution in [3.05, 3.63) is 90.2 Å². The molecule has 0 saturated carbocycles. The fraction of sp³-hybridized carbons (Fsp3) is 0.312. The molecule has 0 fully saturated rings. The number of carbonyl (C=O) groups excluding carboxylic acids is 2. The number of methoxy groups -OCH3 is 2. The molecule has 0 saturated heterocycles. The third-order valence-electron chi connectivity index (χ3n) is 7.39. The highest BCUT2D eigenvalue weighted by Gasteiger charge is 2.34. The van der Waals surface area contributed by atoms with Gasteiger partial charge in [-0.3, -0.25) is 14.2 Å². The number of fused-ring (bicyclic) bond motifs is 2. The van der Waals surface area contributed by atoms with Crippen molar-refractivity contribution in [2.24, 2.45) is 4.99 Å². The lowest BCUT2D eigenvalue weighted by Gasteiger charge is -2.25. The lowest BCUT2D eigenvalue weighted by atomic mass is 9.95. The fourth-order valence-corrected chi connectivity index (χ4v) is 6.47. The quantitative estimate of drug-likeness (QED) is 0.269. The van der Waals surface area contributed by atoms with Crippen LogP contribution in [0.4, 0.5) is 0 Å². The van der Waals surface area contributed by atoms with Crippen molar-refractivity contribution >= 4 is 40.3 Å². The maximum Gasteiger partial charge on any atom is 0.338 e. The topological polar surface area (TPSA) is 110 Å². The molecular formula is C32H33N3O7S. The molecule has 0 unspecified atom stereocenters. The zero-order valence-electron chi connectivity index (χ0n) is 24.9. The highest BCUT2D eigenvalue weighted by Crippen LogP contribution is 2.36. The number of thiazole rings is 1. The van der Waals surface area contributed by atoms with Crippen LogP contribution in [0.5, 0.6) is 11.5 Å². The molecule has 0 N–H and O–H groups in total. The largest absolute Gasteiger partial charge is 0.493 e. The second-order valence-corrected chi connectivity index (χ2v) is 10.8. The van der Waals surface area contributed by atoms with Gasteiger partial charge >= 0.3 is 11.9 Å². The molecule has 0 spiro atoms. The van der Waals surface area contributed by atoms with Crippen molar-refractivity contribution in [3.8, 4) is 11.5 Å². The van der Waals surface area contributed by atoms with Crippen LogP contribution in [0.1, 0.15) is 43.6 Å². The molecular weight excluding hydrogens is 570 g/mol. The van der Waals surface area contributed by atoms with Crippen LogP contribution in [0.25, 0.3) is 17.0 Å². The maximum absolute atomic E-state index is 14.2. The second kappa shape index (κ2) is 12.3. The van der Waals surface area contributed by atoms with E-state index in [2.05, 4.69) is 4.99 Å². The molecule has 1 atom stereocenters. The molecule has 3 heterocycles. The predicted molar refractivity (Wildman–Crippen MR) is 163 cm³/mol. The van der Waals surface area contributed by atoms with Crippen molar-refractivity contribution < 1.29 is 28.5 Å². The van der Waals surface area contributed by atoms with Gasteiger partial charge in [-0.25, -0.2) is 9.79 Å². The first kappa shape index (κ1) is 29.8. The van der Waals surface area contributed by atoms with Gasteiger partial charge in [0.25, 0.3) is 5.56 Å². The van der Waals surface area contributed by atoms with Gasteiger partial charge in [0.1, 0.15) is 6.54 Å². The van der Waals surface area contributed by atoms with E-state index in [0.717, 1.165) is 22.2 Å². The normalized spacial score (nSPS) is 14.8. The van der Waals surface area contributed by atoms with Crippen molar-refractivity contribution in [2.45, 2.75) is 40.3 Å². The fourth-order valence-electron chi connectivity index (χ4n) is 5.44. The van der Waals surface area contributed by atoms with Crippen LogP contribution in [0, 0.1) is 6.92 Å². The zero-order valence-corrected chi connectivity index (χ0v) is 25.7. The number of ether oxygens (including phenoxy) is 4. The Labute approximate surface area is 252 Å². The third kappa shape index (κ3) is 5.36. The number of rotatable bonds is 9. The van der Waals surface area contributed by atoms with E-state index >= 15 is 0 Å². The van der Waals surface area contributed by atoms with Gasteiger partial charge in [-0.15, -0.1) is 0 Å². The van der Waals surface area contributed by atoms with Crippen LogP contribution < -0.4 is 24.4 Å². The molecule has 4 aromatic rings. The summed E-state index contributed by atoms with van der Waals surface area (Å²) in [4.78, 5) is 45.0. The Morgan fingerprint density at radius 2 is 1.72 bits per heavy atom. The van der Waals surface area contributed by atoms with Crippen LogP contribution in [-0.4, -0.2) is 48.5 Å². The second-order valence-electron chi connectivity index (χ2n) is 9.82. The van der Waals surface area contributed by atoms with Gasteiger partial charge in [0.05, 0.1) is 49.3 Å². The van der Waals surface area contributed by atoms with Crippen LogP contribution in [0.15, 0.2) is 63.5 Å². The van der Waals surface area contributed by atoms with Gasteiger partial charge in [-0.05, 0) is 57.5 Å². The van der Waals surface area contributed by atoms with Crippen LogP contribution in [-0.2, 0) is 25.6 Å². The van der Waals surface area contributed by atoms with E-state index in [-0.39, 0.29) is 30.3 Å². The van der Waals surface area contributed by atoms with E-state index in [1.54, 1.807) is 46.1 Å². The molecule has 0 radical (unpaired) electrons. The van der Waals surface area contributed by atoms with E-state index in [1.807, 2.05) is 41.8 Å². The van der Waals surface area contributed by atoms with E-state index in [0.29, 0.717) is 38.7 Å². The summed E-state index contributed by atoms with van der Waals surface area (Å²) in [5.41, 5.74) is 3.57. The van der Waals surface area contributed by atoms with E-state index in [9.17, 15) is 14.4 Å². The Balaban J connectivity index is 1.74. The zero-order chi connectivity index (χ0) is 30.8. The summed E-state index contributed by atoms with van der Waals surface area (Å²) in [6.07, 6.45) is 1.83. The highest BCUT2D eigenvalue weighted by molar-refractivity contribution is 7.07. The van der Waals surface area contributed by atoms with Gasteiger partial charge < -0.3 is 23.5 Å². The monoisotopic (exact) mass is 603 g/mol. The van der Waals surface area contributed by atoms with Crippen molar-refractivity contribution in [1.82, 2.24) is 9.13 Å². The van der Waals surface area contributed by atoms with Gasteiger partial charge in [0, 0.05) is 22.2 Å². The summed E-state index contributed by atoms with van der Waals surface area (Å²) in [5, 5.41) is 0.898. The number of para-hydroxylation sites is 1. The molecule has 0 aliphatic carbocycles. The van der Waals surface area contributed by atoms with E-state index in [1.165, 1.54) is 23.0 Å². The first-order valence-electron chi connectivity index (χ1n) is 13.9. The minimum Gasteiger partial charge on any atom is -0.493 e. The van der Waals surface area contributed by atoms with Crippen molar-refractivity contribution in [2.75, 3.05) is 27.4 Å². The van der Waals surface area contributed by atoms with Gasteiger partial charge in [-0.2, -0.15) is 0 Å². The molecule has 2 aromatic heterocycles. The summed E-state index contributed by atoms with van der Waals surface area (Å²) < 4.78 is 25.4.